The summed E-state index contributed by atoms with van der Waals surface area (Å²) in [4.78, 5) is 24.2. The Morgan fingerprint density at radius 1 is 1.28 bits per heavy atom. The van der Waals surface area contributed by atoms with E-state index < -0.39 is 6.10 Å². The number of allylic oxidation sites excluding steroid dienone is 4. The number of esters is 1. The Morgan fingerprint density at radius 3 is 2.68 bits per heavy atom. The monoisotopic (exact) mass is 348 g/mol. The lowest BCUT2D eigenvalue weighted by Gasteiger charge is -2.20. The molecule has 1 aliphatic heterocycles. The van der Waals surface area contributed by atoms with E-state index in [-0.39, 0.29) is 42.5 Å². The lowest BCUT2D eigenvalue weighted by atomic mass is 9.91. The summed E-state index contributed by atoms with van der Waals surface area (Å²) in [6.07, 6.45) is 9.65. The molecule has 1 aliphatic rings. The van der Waals surface area contributed by atoms with E-state index in [0.717, 1.165) is 24.8 Å². The average Bonchev–Trinajstić information content (AvgIpc) is 2.56. The van der Waals surface area contributed by atoms with Crippen molar-refractivity contribution in [1.29, 1.82) is 0 Å². The van der Waals surface area contributed by atoms with Crippen molar-refractivity contribution in [2.24, 2.45) is 17.8 Å². The summed E-state index contributed by atoms with van der Waals surface area (Å²) in [5.41, 5.74) is 0.962. The summed E-state index contributed by atoms with van der Waals surface area (Å²) in [5.74, 6) is -0.258. The number of aliphatic hydroxyl groups excluding tert-OH is 1. The van der Waals surface area contributed by atoms with Crippen LogP contribution in [0.25, 0.3) is 0 Å². The van der Waals surface area contributed by atoms with E-state index in [0.29, 0.717) is 6.42 Å². The molecule has 0 radical (unpaired) electrons. The number of cyclic esters (lactones) is 1. The standard InChI is InChI=1S/C21H32O4/c1-5-7-18-12-15(2)10-11-19(22)16(3)8-6-9-17(4)20(23)13-21(24)25-14-18/h5,10-12,16-18,20,23H,1,6-9,13-14H2,2-4H3/b11-10+,15-12+/t16-,17-,18?,20-/m1/s1. The minimum absolute atomic E-state index is 0.00409. The maximum absolute atomic E-state index is 12.2. The van der Waals surface area contributed by atoms with Gasteiger partial charge in [-0.25, -0.2) is 0 Å². The molecule has 0 fully saturated rings. The Labute approximate surface area is 151 Å². The molecule has 25 heavy (non-hydrogen) atoms. The molecule has 4 nitrogen and oxygen atoms in total. The number of ketones is 1. The molecular weight excluding hydrogens is 316 g/mol. The molecule has 1 N–H and O–H groups in total. The fraction of sp³-hybridized carbons (Fsp3) is 0.619. The van der Waals surface area contributed by atoms with Crippen molar-refractivity contribution in [3.63, 3.8) is 0 Å². The molecule has 0 aromatic rings. The Bertz CT molecular complexity index is 518. The van der Waals surface area contributed by atoms with Crippen LogP contribution < -0.4 is 0 Å². The highest BCUT2D eigenvalue weighted by atomic mass is 16.5. The van der Waals surface area contributed by atoms with E-state index in [4.69, 9.17) is 4.74 Å². The summed E-state index contributed by atoms with van der Waals surface area (Å²) >= 11 is 0. The minimum Gasteiger partial charge on any atom is -0.465 e. The van der Waals surface area contributed by atoms with Crippen LogP contribution in [0.3, 0.4) is 0 Å². The van der Waals surface area contributed by atoms with Crippen molar-refractivity contribution >= 4 is 11.8 Å². The van der Waals surface area contributed by atoms with E-state index in [1.807, 2.05) is 32.9 Å². The van der Waals surface area contributed by atoms with Crippen LogP contribution in [0.15, 0.2) is 36.5 Å². The number of carbonyl (C=O) groups is 2. The van der Waals surface area contributed by atoms with Gasteiger partial charge in [0.1, 0.15) is 0 Å². The van der Waals surface area contributed by atoms with E-state index in [1.54, 1.807) is 12.2 Å². The summed E-state index contributed by atoms with van der Waals surface area (Å²) in [6.45, 7) is 9.79. The normalized spacial score (nSPS) is 33.8. The second-order valence-corrected chi connectivity index (χ2v) is 7.19. The molecule has 140 valence electrons. The lowest BCUT2D eigenvalue weighted by Crippen LogP contribution is -2.24. The highest BCUT2D eigenvalue weighted by molar-refractivity contribution is 5.91. The van der Waals surface area contributed by atoms with Crippen LogP contribution in [0.5, 0.6) is 0 Å². The maximum Gasteiger partial charge on any atom is 0.308 e. The second kappa shape index (κ2) is 11.0. The number of hydrogen-bond acceptors (Lipinski definition) is 4. The van der Waals surface area contributed by atoms with Crippen LogP contribution in [0.1, 0.15) is 52.9 Å². The van der Waals surface area contributed by atoms with Gasteiger partial charge >= 0.3 is 5.97 Å². The SMILES string of the molecule is C=CCC1/C=C(C)/C=C/C(=O)[C@H](C)CCC[C@@H](C)[C@H](O)CC(=O)OC1. The first kappa shape index (κ1) is 21.4. The molecule has 1 rings (SSSR count). The first-order valence-electron chi connectivity index (χ1n) is 9.18. The van der Waals surface area contributed by atoms with Gasteiger partial charge in [0.05, 0.1) is 19.1 Å². The zero-order valence-corrected chi connectivity index (χ0v) is 15.7. The molecule has 0 saturated carbocycles. The Kier molecular flexibility index (Phi) is 9.43. The van der Waals surface area contributed by atoms with Gasteiger partial charge in [0.15, 0.2) is 5.78 Å². The third-order valence-electron chi connectivity index (χ3n) is 4.75. The van der Waals surface area contributed by atoms with Gasteiger partial charge in [0, 0.05) is 11.8 Å². The van der Waals surface area contributed by atoms with E-state index >= 15 is 0 Å². The van der Waals surface area contributed by atoms with E-state index in [9.17, 15) is 14.7 Å². The molecule has 0 bridgehead atoms. The fourth-order valence-electron chi connectivity index (χ4n) is 2.91. The first-order valence-corrected chi connectivity index (χ1v) is 9.18. The van der Waals surface area contributed by atoms with Crippen LogP contribution in [0, 0.1) is 17.8 Å². The smallest absolute Gasteiger partial charge is 0.308 e. The quantitative estimate of drug-likeness (QED) is 0.605. The van der Waals surface area contributed by atoms with Crippen molar-refractivity contribution < 1.29 is 19.4 Å². The van der Waals surface area contributed by atoms with Gasteiger partial charge in [0.25, 0.3) is 0 Å². The first-order chi connectivity index (χ1) is 11.8. The zero-order valence-electron chi connectivity index (χ0n) is 15.7. The third kappa shape index (κ3) is 8.30. The Hall–Kier alpha value is -1.68. The van der Waals surface area contributed by atoms with Crippen LogP contribution in [-0.2, 0) is 14.3 Å². The number of hydrogen-bond donors (Lipinski definition) is 1. The van der Waals surface area contributed by atoms with Crippen molar-refractivity contribution in [3.05, 3.63) is 36.5 Å². The summed E-state index contributed by atoms with van der Waals surface area (Å²) in [6, 6.07) is 0. The van der Waals surface area contributed by atoms with Gasteiger partial charge < -0.3 is 9.84 Å². The molecule has 0 aromatic heterocycles. The molecule has 0 amide bonds. The van der Waals surface area contributed by atoms with Gasteiger partial charge in [-0.05, 0) is 38.2 Å². The molecular formula is C21H32O4. The maximum atomic E-state index is 12.2. The zero-order chi connectivity index (χ0) is 18.8. The Balaban J connectivity index is 2.91. The molecule has 1 heterocycles. The van der Waals surface area contributed by atoms with Crippen molar-refractivity contribution in [1.82, 2.24) is 0 Å². The lowest BCUT2D eigenvalue weighted by molar-refractivity contribution is -0.147. The minimum atomic E-state index is -0.707. The number of aliphatic hydroxyl groups is 1. The molecule has 0 aliphatic carbocycles. The number of carbonyl (C=O) groups excluding carboxylic acids is 2. The van der Waals surface area contributed by atoms with Crippen LogP contribution in [0.4, 0.5) is 0 Å². The van der Waals surface area contributed by atoms with Gasteiger partial charge in [-0.2, -0.15) is 0 Å². The van der Waals surface area contributed by atoms with Gasteiger partial charge in [-0.3, -0.25) is 9.59 Å². The Morgan fingerprint density at radius 2 is 2.00 bits per heavy atom. The molecule has 0 spiro atoms. The van der Waals surface area contributed by atoms with Crippen molar-refractivity contribution in [2.45, 2.75) is 59.0 Å². The van der Waals surface area contributed by atoms with Gasteiger partial charge in [-0.15, -0.1) is 6.58 Å². The second-order valence-electron chi connectivity index (χ2n) is 7.19. The number of rotatable bonds is 2. The predicted molar refractivity (Wildman–Crippen MR) is 100.0 cm³/mol. The topological polar surface area (TPSA) is 63.6 Å². The predicted octanol–water partition coefficient (Wildman–Crippen LogP) is 4.00. The van der Waals surface area contributed by atoms with Gasteiger partial charge in [-0.1, -0.05) is 44.1 Å². The van der Waals surface area contributed by atoms with Crippen LogP contribution in [0.2, 0.25) is 0 Å². The summed E-state index contributed by atoms with van der Waals surface area (Å²) < 4.78 is 5.33. The average molecular weight is 348 g/mol. The van der Waals surface area contributed by atoms with Gasteiger partial charge in [0.2, 0.25) is 0 Å². The molecule has 0 aromatic carbocycles. The molecule has 1 unspecified atom stereocenters. The van der Waals surface area contributed by atoms with Crippen LogP contribution >= 0.6 is 0 Å². The third-order valence-corrected chi connectivity index (χ3v) is 4.75. The molecule has 4 atom stereocenters. The molecule has 4 heteroatoms. The van der Waals surface area contributed by atoms with Crippen molar-refractivity contribution in [3.8, 4) is 0 Å². The van der Waals surface area contributed by atoms with Crippen molar-refractivity contribution in [2.75, 3.05) is 6.61 Å². The molecule has 0 saturated heterocycles. The highest BCUT2D eigenvalue weighted by Gasteiger charge is 2.20. The van der Waals surface area contributed by atoms with E-state index in [1.165, 1.54) is 0 Å². The largest absolute Gasteiger partial charge is 0.465 e. The number of ether oxygens (including phenoxy) is 1. The summed E-state index contributed by atoms with van der Waals surface area (Å²) in [7, 11) is 0. The fourth-order valence-corrected chi connectivity index (χ4v) is 2.91. The van der Waals surface area contributed by atoms with E-state index in [2.05, 4.69) is 6.58 Å². The summed E-state index contributed by atoms with van der Waals surface area (Å²) in [5, 5.41) is 10.2. The van der Waals surface area contributed by atoms with Crippen LogP contribution in [-0.4, -0.2) is 29.6 Å². The highest BCUT2D eigenvalue weighted by Crippen LogP contribution is 2.20.